The Labute approximate surface area is 104 Å². The van der Waals surface area contributed by atoms with Crippen LogP contribution in [0.3, 0.4) is 0 Å². The molecule has 1 aliphatic carbocycles. The van der Waals surface area contributed by atoms with Crippen LogP contribution in [0.1, 0.15) is 57.8 Å². The first-order valence-electron chi connectivity index (χ1n) is 7.24. The maximum atomic E-state index is 9.85. The standard InChI is InChI=1S/C14H26O3/c15-10-13-8-12(16)9-14(17-13)11-6-4-2-1-3-5-7-11/h11-16H,1-10H2. The molecule has 0 aromatic heterocycles. The summed E-state index contributed by atoms with van der Waals surface area (Å²) in [6, 6.07) is 0. The van der Waals surface area contributed by atoms with Gasteiger partial charge in [-0.15, -0.1) is 0 Å². The number of rotatable bonds is 2. The van der Waals surface area contributed by atoms with Gasteiger partial charge < -0.3 is 14.9 Å². The van der Waals surface area contributed by atoms with Crippen LogP contribution in [0.15, 0.2) is 0 Å². The zero-order chi connectivity index (χ0) is 12.1. The minimum atomic E-state index is -0.281. The summed E-state index contributed by atoms with van der Waals surface area (Å²) in [5, 5.41) is 19.0. The van der Waals surface area contributed by atoms with Gasteiger partial charge in [-0.3, -0.25) is 0 Å². The van der Waals surface area contributed by atoms with Gasteiger partial charge >= 0.3 is 0 Å². The van der Waals surface area contributed by atoms with E-state index in [1.807, 2.05) is 0 Å². The van der Waals surface area contributed by atoms with Gasteiger partial charge in [0.05, 0.1) is 24.9 Å². The Hall–Kier alpha value is -0.120. The summed E-state index contributed by atoms with van der Waals surface area (Å²) in [7, 11) is 0. The predicted molar refractivity (Wildman–Crippen MR) is 66.8 cm³/mol. The molecule has 1 saturated carbocycles. The van der Waals surface area contributed by atoms with Gasteiger partial charge in [0, 0.05) is 6.42 Å². The summed E-state index contributed by atoms with van der Waals surface area (Å²) in [5.41, 5.74) is 0. The summed E-state index contributed by atoms with van der Waals surface area (Å²) in [4.78, 5) is 0. The Bertz CT molecular complexity index is 212. The van der Waals surface area contributed by atoms with Crippen molar-refractivity contribution in [1.29, 1.82) is 0 Å². The van der Waals surface area contributed by atoms with Crippen molar-refractivity contribution in [2.45, 2.75) is 76.1 Å². The molecule has 100 valence electrons. The van der Waals surface area contributed by atoms with Crippen LogP contribution in [0.25, 0.3) is 0 Å². The largest absolute Gasteiger partial charge is 0.394 e. The van der Waals surface area contributed by atoms with Gasteiger partial charge in [-0.1, -0.05) is 32.1 Å². The summed E-state index contributed by atoms with van der Waals surface area (Å²) in [5.74, 6) is 0.597. The fraction of sp³-hybridized carbons (Fsp3) is 1.00. The third-order valence-corrected chi connectivity index (χ3v) is 4.29. The second-order valence-corrected chi connectivity index (χ2v) is 5.71. The number of hydrogen-bond acceptors (Lipinski definition) is 3. The normalized spacial score (nSPS) is 37.4. The molecule has 3 unspecified atom stereocenters. The van der Waals surface area contributed by atoms with E-state index < -0.39 is 0 Å². The SMILES string of the molecule is OCC1CC(O)CC(C2CCCCCCC2)O1. The average Bonchev–Trinajstić information content (AvgIpc) is 2.27. The second-order valence-electron chi connectivity index (χ2n) is 5.71. The van der Waals surface area contributed by atoms with Crippen LogP contribution < -0.4 is 0 Å². The minimum absolute atomic E-state index is 0.0419. The van der Waals surface area contributed by atoms with Gasteiger partial charge in [0.15, 0.2) is 0 Å². The van der Waals surface area contributed by atoms with E-state index in [2.05, 4.69) is 0 Å². The average molecular weight is 242 g/mol. The minimum Gasteiger partial charge on any atom is -0.394 e. The highest BCUT2D eigenvalue weighted by molar-refractivity contribution is 4.82. The van der Waals surface area contributed by atoms with Crippen molar-refractivity contribution in [1.82, 2.24) is 0 Å². The molecule has 0 aromatic rings. The smallest absolute Gasteiger partial charge is 0.0834 e. The van der Waals surface area contributed by atoms with Crippen LogP contribution in [-0.4, -0.2) is 35.1 Å². The van der Waals surface area contributed by atoms with Gasteiger partial charge in [-0.2, -0.15) is 0 Å². The van der Waals surface area contributed by atoms with Crippen LogP contribution in [0, 0.1) is 5.92 Å². The van der Waals surface area contributed by atoms with Crippen LogP contribution in [-0.2, 0) is 4.74 Å². The van der Waals surface area contributed by atoms with Gasteiger partial charge in [-0.25, -0.2) is 0 Å². The molecule has 2 aliphatic rings. The zero-order valence-electron chi connectivity index (χ0n) is 10.7. The van der Waals surface area contributed by atoms with E-state index in [1.54, 1.807) is 0 Å². The quantitative estimate of drug-likeness (QED) is 0.781. The van der Waals surface area contributed by atoms with E-state index in [0.29, 0.717) is 12.3 Å². The first-order valence-corrected chi connectivity index (χ1v) is 7.24. The van der Waals surface area contributed by atoms with Crippen molar-refractivity contribution in [3.05, 3.63) is 0 Å². The van der Waals surface area contributed by atoms with E-state index >= 15 is 0 Å². The highest BCUT2D eigenvalue weighted by atomic mass is 16.5. The lowest BCUT2D eigenvalue weighted by atomic mass is 9.83. The lowest BCUT2D eigenvalue weighted by Gasteiger charge is -2.37. The van der Waals surface area contributed by atoms with E-state index in [9.17, 15) is 10.2 Å². The molecule has 0 radical (unpaired) electrons. The summed E-state index contributed by atoms with van der Waals surface area (Å²) in [6.07, 6.45) is 10.2. The molecule has 3 heteroatoms. The Morgan fingerprint density at radius 3 is 2.24 bits per heavy atom. The molecule has 1 saturated heterocycles. The third-order valence-electron chi connectivity index (χ3n) is 4.29. The molecule has 1 heterocycles. The molecule has 0 bridgehead atoms. The van der Waals surface area contributed by atoms with E-state index in [0.717, 1.165) is 6.42 Å². The van der Waals surface area contributed by atoms with Crippen molar-refractivity contribution < 1.29 is 14.9 Å². The van der Waals surface area contributed by atoms with Crippen LogP contribution in [0.5, 0.6) is 0 Å². The van der Waals surface area contributed by atoms with Crippen LogP contribution in [0.4, 0.5) is 0 Å². The summed E-state index contributed by atoms with van der Waals surface area (Å²) in [6.45, 7) is 0.0419. The Morgan fingerprint density at radius 1 is 0.941 bits per heavy atom. The third kappa shape index (κ3) is 3.94. The number of aliphatic hydroxyl groups excluding tert-OH is 2. The number of ether oxygens (including phenoxy) is 1. The number of hydrogen-bond donors (Lipinski definition) is 2. The lowest BCUT2D eigenvalue weighted by Crippen LogP contribution is -2.41. The molecule has 2 N–H and O–H groups in total. The zero-order valence-corrected chi connectivity index (χ0v) is 10.7. The van der Waals surface area contributed by atoms with Gasteiger partial charge in [0.1, 0.15) is 0 Å². The first-order chi connectivity index (χ1) is 8.29. The van der Waals surface area contributed by atoms with Crippen molar-refractivity contribution in [2.24, 2.45) is 5.92 Å². The Balaban J connectivity index is 1.89. The molecule has 2 fully saturated rings. The van der Waals surface area contributed by atoms with Crippen LogP contribution >= 0.6 is 0 Å². The highest BCUT2D eigenvalue weighted by Crippen LogP contribution is 2.32. The maximum absolute atomic E-state index is 9.85. The second kappa shape index (κ2) is 6.72. The molecule has 0 spiro atoms. The molecule has 3 atom stereocenters. The number of aliphatic hydroxyl groups is 2. The highest BCUT2D eigenvalue weighted by Gasteiger charge is 2.32. The molecule has 0 aromatic carbocycles. The maximum Gasteiger partial charge on any atom is 0.0834 e. The molecule has 3 nitrogen and oxygen atoms in total. The topological polar surface area (TPSA) is 49.7 Å². The van der Waals surface area contributed by atoms with E-state index in [1.165, 1.54) is 44.9 Å². The first kappa shape index (κ1) is 13.3. The van der Waals surface area contributed by atoms with Gasteiger partial charge in [-0.05, 0) is 25.2 Å². The Kier molecular flexibility index (Phi) is 5.26. The monoisotopic (exact) mass is 242 g/mol. The molecule has 2 rings (SSSR count). The summed E-state index contributed by atoms with van der Waals surface area (Å²) >= 11 is 0. The van der Waals surface area contributed by atoms with Crippen LogP contribution in [0.2, 0.25) is 0 Å². The van der Waals surface area contributed by atoms with Crippen molar-refractivity contribution >= 4 is 0 Å². The summed E-state index contributed by atoms with van der Waals surface area (Å²) < 4.78 is 5.93. The fourth-order valence-corrected chi connectivity index (χ4v) is 3.31. The van der Waals surface area contributed by atoms with Gasteiger partial charge in [0.25, 0.3) is 0 Å². The Morgan fingerprint density at radius 2 is 1.59 bits per heavy atom. The van der Waals surface area contributed by atoms with E-state index in [4.69, 9.17) is 4.74 Å². The van der Waals surface area contributed by atoms with Crippen molar-refractivity contribution in [3.8, 4) is 0 Å². The molecular formula is C14H26O3. The molecular weight excluding hydrogens is 216 g/mol. The molecule has 1 aliphatic heterocycles. The van der Waals surface area contributed by atoms with Gasteiger partial charge in [0.2, 0.25) is 0 Å². The van der Waals surface area contributed by atoms with Crippen molar-refractivity contribution in [3.63, 3.8) is 0 Å². The van der Waals surface area contributed by atoms with E-state index in [-0.39, 0.29) is 24.9 Å². The molecule has 0 amide bonds. The lowest BCUT2D eigenvalue weighted by molar-refractivity contribution is -0.133. The predicted octanol–water partition coefficient (Wildman–Crippen LogP) is 2.25. The fourth-order valence-electron chi connectivity index (χ4n) is 3.31. The molecule has 17 heavy (non-hydrogen) atoms. The van der Waals surface area contributed by atoms with Crippen molar-refractivity contribution in [2.75, 3.05) is 6.61 Å².